The van der Waals surface area contributed by atoms with Crippen molar-refractivity contribution in [2.24, 2.45) is 7.05 Å². The Balaban J connectivity index is 1.61. The number of carbonyl (C=O) groups is 1. The molecule has 0 radical (unpaired) electrons. The Morgan fingerprint density at radius 3 is 2.92 bits per heavy atom. The molecule has 0 aliphatic rings. The lowest BCUT2D eigenvalue weighted by Gasteiger charge is -2.08. The van der Waals surface area contributed by atoms with E-state index < -0.39 is 0 Å². The molecule has 0 bridgehead atoms. The van der Waals surface area contributed by atoms with E-state index in [0.717, 1.165) is 28.5 Å². The van der Waals surface area contributed by atoms with Crippen molar-refractivity contribution in [2.45, 2.75) is 19.9 Å². The Morgan fingerprint density at radius 1 is 1.33 bits per heavy atom. The molecule has 24 heavy (non-hydrogen) atoms. The van der Waals surface area contributed by atoms with Gasteiger partial charge in [-0.2, -0.15) is 0 Å². The molecule has 2 aromatic heterocycles. The highest BCUT2D eigenvalue weighted by molar-refractivity contribution is 7.11. The van der Waals surface area contributed by atoms with Crippen LogP contribution in [0.2, 0.25) is 0 Å². The first-order valence-corrected chi connectivity index (χ1v) is 8.53. The molecule has 0 unspecified atom stereocenters. The maximum atomic E-state index is 12.1. The van der Waals surface area contributed by atoms with E-state index in [9.17, 15) is 4.79 Å². The second kappa shape index (κ2) is 7.27. The molecule has 3 rings (SSSR count). The van der Waals surface area contributed by atoms with Crippen LogP contribution >= 0.6 is 11.3 Å². The number of hydrogen-bond acceptors (Lipinski definition) is 4. The van der Waals surface area contributed by atoms with E-state index in [1.165, 1.54) is 4.88 Å². The second-order valence-electron chi connectivity index (χ2n) is 5.32. The fourth-order valence-electron chi connectivity index (χ4n) is 2.30. The number of amides is 2. The number of benzene rings is 1. The van der Waals surface area contributed by atoms with E-state index in [1.807, 2.05) is 48.3 Å². The first-order valence-electron chi connectivity index (χ1n) is 7.72. The van der Waals surface area contributed by atoms with Crippen molar-refractivity contribution in [3.05, 3.63) is 52.7 Å². The smallest absolute Gasteiger partial charge is 0.319 e. The summed E-state index contributed by atoms with van der Waals surface area (Å²) in [4.78, 5) is 21.9. The van der Waals surface area contributed by atoms with Crippen LogP contribution in [-0.2, 0) is 20.0 Å². The molecule has 0 fully saturated rings. The van der Waals surface area contributed by atoms with Gasteiger partial charge in [-0.25, -0.2) is 14.8 Å². The molecule has 1 aromatic carbocycles. The monoisotopic (exact) mass is 341 g/mol. The van der Waals surface area contributed by atoms with Crippen molar-refractivity contribution >= 4 is 23.1 Å². The van der Waals surface area contributed by atoms with Crippen LogP contribution in [0.4, 0.5) is 10.5 Å². The number of carbonyl (C=O) groups excluding carboxylic acids is 1. The number of nitrogens with one attached hydrogen (secondary N) is 2. The van der Waals surface area contributed by atoms with Crippen molar-refractivity contribution in [2.75, 3.05) is 5.32 Å². The standard InChI is InChI=1S/C17H19N5OS/c1-3-14-10-19-15(24-14)11-20-17(23)21-13-6-4-5-12(9-13)16-18-7-8-22(16)2/h4-10H,3,11H2,1-2H3,(H2,20,21,23). The third kappa shape index (κ3) is 3.80. The highest BCUT2D eigenvalue weighted by atomic mass is 32.1. The van der Waals surface area contributed by atoms with Gasteiger partial charge in [0.2, 0.25) is 0 Å². The van der Waals surface area contributed by atoms with Crippen molar-refractivity contribution in [1.29, 1.82) is 0 Å². The van der Waals surface area contributed by atoms with E-state index >= 15 is 0 Å². The zero-order valence-corrected chi connectivity index (χ0v) is 14.4. The maximum Gasteiger partial charge on any atom is 0.319 e. The van der Waals surface area contributed by atoms with E-state index in [2.05, 4.69) is 27.5 Å². The highest BCUT2D eigenvalue weighted by Gasteiger charge is 2.07. The van der Waals surface area contributed by atoms with Crippen LogP contribution in [-0.4, -0.2) is 20.6 Å². The van der Waals surface area contributed by atoms with Gasteiger partial charge in [0, 0.05) is 41.8 Å². The number of rotatable bonds is 5. The van der Waals surface area contributed by atoms with Crippen LogP contribution in [0, 0.1) is 0 Å². The van der Waals surface area contributed by atoms with E-state index in [1.54, 1.807) is 17.5 Å². The number of nitrogens with zero attached hydrogens (tertiary/aromatic N) is 3. The van der Waals surface area contributed by atoms with Gasteiger partial charge >= 0.3 is 6.03 Å². The van der Waals surface area contributed by atoms with Gasteiger partial charge in [-0.3, -0.25) is 0 Å². The van der Waals surface area contributed by atoms with E-state index in [-0.39, 0.29) is 6.03 Å². The van der Waals surface area contributed by atoms with Crippen molar-refractivity contribution in [3.63, 3.8) is 0 Å². The first kappa shape index (κ1) is 16.2. The molecule has 2 N–H and O–H groups in total. The summed E-state index contributed by atoms with van der Waals surface area (Å²) in [5.74, 6) is 0.855. The number of thiazole rings is 1. The number of aryl methyl sites for hydroxylation is 2. The maximum absolute atomic E-state index is 12.1. The number of aromatic nitrogens is 3. The summed E-state index contributed by atoms with van der Waals surface area (Å²) < 4.78 is 1.94. The van der Waals surface area contributed by atoms with Crippen molar-refractivity contribution in [1.82, 2.24) is 19.9 Å². The largest absolute Gasteiger partial charge is 0.334 e. The molecule has 0 spiro atoms. The van der Waals surface area contributed by atoms with Crippen LogP contribution in [0.5, 0.6) is 0 Å². The molecular weight excluding hydrogens is 322 g/mol. The molecule has 0 aliphatic heterocycles. The van der Waals surface area contributed by atoms with Gasteiger partial charge in [-0.15, -0.1) is 11.3 Å². The van der Waals surface area contributed by atoms with Crippen LogP contribution in [0.3, 0.4) is 0 Å². The van der Waals surface area contributed by atoms with E-state index in [4.69, 9.17) is 0 Å². The average molecular weight is 341 g/mol. The number of hydrogen-bond donors (Lipinski definition) is 2. The van der Waals surface area contributed by atoms with E-state index in [0.29, 0.717) is 6.54 Å². The first-order chi connectivity index (χ1) is 11.7. The summed E-state index contributed by atoms with van der Waals surface area (Å²) in [5.41, 5.74) is 1.68. The Bertz CT molecular complexity index is 839. The predicted octanol–water partition coefficient (Wildman–Crippen LogP) is 3.43. The van der Waals surface area contributed by atoms with Gasteiger partial charge in [-0.1, -0.05) is 19.1 Å². The Labute approximate surface area is 144 Å². The lowest BCUT2D eigenvalue weighted by molar-refractivity contribution is 0.251. The quantitative estimate of drug-likeness (QED) is 0.747. The van der Waals surface area contributed by atoms with Crippen LogP contribution in [0.1, 0.15) is 16.8 Å². The normalized spacial score (nSPS) is 10.6. The minimum atomic E-state index is -0.250. The molecular formula is C17H19N5OS. The summed E-state index contributed by atoms with van der Waals surface area (Å²) in [6, 6.07) is 7.37. The SMILES string of the molecule is CCc1cnc(CNC(=O)Nc2cccc(-c3nccn3C)c2)s1. The van der Waals surface area contributed by atoms with Crippen LogP contribution < -0.4 is 10.6 Å². The van der Waals surface area contributed by atoms with Gasteiger partial charge in [0.05, 0.1) is 6.54 Å². The molecule has 0 saturated carbocycles. The fraction of sp³-hybridized carbons (Fsp3) is 0.235. The van der Waals surface area contributed by atoms with Gasteiger partial charge in [0.15, 0.2) is 0 Å². The topological polar surface area (TPSA) is 71.8 Å². The molecule has 2 amide bonds. The predicted molar refractivity (Wildman–Crippen MR) is 96.0 cm³/mol. The summed E-state index contributed by atoms with van der Waals surface area (Å²) in [6.07, 6.45) is 6.46. The molecule has 7 heteroatoms. The summed E-state index contributed by atoms with van der Waals surface area (Å²) in [5, 5.41) is 6.58. The number of urea groups is 1. The van der Waals surface area contributed by atoms with Crippen LogP contribution in [0.25, 0.3) is 11.4 Å². The summed E-state index contributed by atoms with van der Waals surface area (Å²) >= 11 is 1.62. The molecule has 0 aliphatic carbocycles. The third-order valence-corrected chi connectivity index (χ3v) is 4.69. The Kier molecular flexibility index (Phi) is 4.90. The fourth-order valence-corrected chi connectivity index (χ4v) is 3.11. The number of anilines is 1. The minimum absolute atomic E-state index is 0.250. The molecule has 2 heterocycles. The zero-order valence-electron chi connectivity index (χ0n) is 13.6. The van der Waals surface area contributed by atoms with Crippen molar-refractivity contribution < 1.29 is 4.79 Å². The Hall–Kier alpha value is -2.67. The zero-order chi connectivity index (χ0) is 16.9. The molecule has 0 saturated heterocycles. The van der Waals surface area contributed by atoms with Gasteiger partial charge in [0.1, 0.15) is 10.8 Å². The second-order valence-corrected chi connectivity index (χ2v) is 6.52. The Morgan fingerprint density at radius 2 is 2.21 bits per heavy atom. The third-order valence-electron chi connectivity index (χ3n) is 3.55. The minimum Gasteiger partial charge on any atom is -0.334 e. The molecule has 6 nitrogen and oxygen atoms in total. The van der Waals surface area contributed by atoms with Gasteiger partial charge in [0.25, 0.3) is 0 Å². The van der Waals surface area contributed by atoms with Gasteiger partial charge in [-0.05, 0) is 18.6 Å². The molecule has 0 atom stereocenters. The van der Waals surface area contributed by atoms with Gasteiger partial charge < -0.3 is 15.2 Å². The van der Waals surface area contributed by atoms with Crippen molar-refractivity contribution in [3.8, 4) is 11.4 Å². The lowest BCUT2D eigenvalue weighted by atomic mass is 10.2. The average Bonchev–Trinajstić information content (AvgIpc) is 3.22. The lowest BCUT2D eigenvalue weighted by Crippen LogP contribution is -2.28. The molecule has 124 valence electrons. The number of imidazole rings is 1. The summed E-state index contributed by atoms with van der Waals surface area (Å²) in [6.45, 7) is 2.52. The molecule has 3 aromatic rings. The highest BCUT2D eigenvalue weighted by Crippen LogP contribution is 2.20. The summed E-state index contributed by atoms with van der Waals surface area (Å²) in [7, 11) is 1.94. The van der Waals surface area contributed by atoms with Crippen LogP contribution in [0.15, 0.2) is 42.9 Å².